The van der Waals surface area contributed by atoms with E-state index >= 15 is 0 Å². The monoisotopic (exact) mass is 241 g/mol. The topological polar surface area (TPSA) is 40.9 Å². The van der Waals surface area contributed by atoms with E-state index in [1.54, 1.807) is 6.08 Å². The maximum atomic E-state index is 12.1. The van der Waals surface area contributed by atoms with Crippen molar-refractivity contribution < 1.29 is 4.79 Å². The zero-order chi connectivity index (χ0) is 13.9. The molecule has 0 aromatic heterocycles. The number of rotatable bonds is 2. The molecule has 2 heteroatoms. The van der Waals surface area contributed by atoms with Gasteiger partial charge in [-0.2, -0.15) is 5.26 Å². The number of hydrogen-bond acceptors (Lipinski definition) is 2. The standard InChI is InChI=1S/C16H19NO/c1-11-6-7-12(2)13(8-11)9-14(10-17)15(18)16(3,4)5/h6-9H,1-5H3. The first-order chi connectivity index (χ1) is 8.25. The summed E-state index contributed by atoms with van der Waals surface area (Å²) in [4.78, 5) is 12.1. The number of ketones is 1. The Morgan fingerprint density at radius 2 is 1.89 bits per heavy atom. The average molecular weight is 241 g/mol. The van der Waals surface area contributed by atoms with Crippen LogP contribution in [-0.4, -0.2) is 5.78 Å². The van der Waals surface area contributed by atoms with Crippen LogP contribution >= 0.6 is 0 Å². The van der Waals surface area contributed by atoms with Gasteiger partial charge in [0.25, 0.3) is 0 Å². The molecule has 0 saturated carbocycles. The lowest BCUT2D eigenvalue weighted by atomic mass is 9.86. The first kappa shape index (κ1) is 14.2. The number of hydrogen-bond donors (Lipinski definition) is 0. The van der Waals surface area contributed by atoms with Crippen LogP contribution in [0.2, 0.25) is 0 Å². The van der Waals surface area contributed by atoms with Crippen LogP contribution in [0.15, 0.2) is 23.8 Å². The van der Waals surface area contributed by atoms with E-state index in [9.17, 15) is 4.79 Å². The predicted molar refractivity (Wildman–Crippen MR) is 74.0 cm³/mol. The number of allylic oxidation sites excluding steroid dienone is 1. The molecule has 1 aromatic rings. The molecule has 0 aliphatic heterocycles. The fraction of sp³-hybridized carbons (Fsp3) is 0.375. The molecule has 0 atom stereocenters. The van der Waals surface area contributed by atoms with Crippen molar-refractivity contribution in [3.05, 3.63) is 40.5 Å². The predicted octanol–water partition coefficient (Wildman–Crippen LogP) is 3.83. The zero-order valence-electron chi connectivity index (χ0n) is 11.7. The summed E-state index contributed by atoms with van der Waals surface area (Å²) in [6.07, 6.45) is 1.69. The summed E-state index contributed by atoms with van der Waals surface area (Å²) in [5.74, 6) is -0.120. The number of Topliss-reactive ketones (excluding diaryl/α,β-unsaturated/α-hetero) is 1. The van der Waals surface area contributed by atoms with Crippen LogP contribution in [0.1, 0.15) is 37.5 Å². The van der Waals surface area contributed by atoms with Crippen LogP contribution in [0, 0.1) is 30.6 Å². The summed E-state index contributed by atoms with van der Waals surface area (Å²) in [6.45, 7) is 9.44. The lowest BCUT2D eigenvalue weighted by Crippen LogP contribution is -2.21. The maximum absolute atomic E-state index is 12.1. The van der Waals surface area contributed by atoms with E-state index in [-0.39, 0.29) is 11.4 Å². The van der Waals surface area contributed by atoms with E-state index in [2.05, 4.69) is 0 Å². The van der Waals surface area contributed by atoms with Crippen molar-refractivity contribution in [1.82, 2.24) is 0 Å². The molecule has 0 heterocycles. The molecule has 0 bridgehead atoms. The lowest BCUT2D eigenvalue weighted by molar-refractivity contribution is -0.121. The summed E-state index contributed by atoms with van der Waals surface area (Å²) in [5.41, 5.74) is 2.81. The van der Waals surface area contributed by atoms with Gasteiger partial charge in [-0.1, -0.05) is 44.5 Å². The summed E-state index contributed by atoms with van der Waals surface area (Å²) >= 11 is 0. The molecule has 94 valence electrons. The molecule has 0 aliphatic rings. The zero-order valence-corrected chi connectivity index (χ0v) is 11.7. The molecule has 0 radical (unpaired) electrons. The Balaban J connectivity index is 3.25. The van der Waals surface area contributed by atoms with Gasteiger partial charge >= 0.3 is 0 Å². The molecular weight excluding hydrogens is 222 g/mol. The third kappa shape index (κ3) is 3.30. The van der Waals surface area contributed by atoms with E-state index < -0.39 is 5.41 Å². The maximum Gasteiger partial charge on any atom is 0.178 e. The Kier molecular flexibility index (Phi) is 4.08. The van der Waals surface area contributed by atoms with Crippen LogP contribution in [0.5, 0.6) is 0 Å². The van der Waals surface area contributed by atoms with Gasteiger partial charge in [0, 0.05) is 5.41 Å². The number of benzene rings is 1. The molecule has 0 aliphatic carbocycles. The Hall–Kier alpha value is -1.88. The number of carbonyl (C=O) groups is 1. The SMILES string of the molecule is Cc1ccc(C)c(C=C(C#N)C(=O)C(C)(C)C)c1. The van der Waals surface area contributed by atoms with Crippen molar-refractivity contribution >= 4 is 11.9 Å². The number of aryl methyl sites for hydroxylation is 2. The van der Waals surface area contributed by atoms with Gasteiger partial charge in [-0.05, 0) is 31.1 Å². The van der Waals surface area contributed by atoms with Gasteiger partial charge in [0.15, 0.2) is 5.78 Å². The van der Waals surface area contributed by atoms with Crippen molar-refractivity contribution in [2.24, 2.45) is 5.41 Å². The minimum Gasteiger partial charge on any atom is -0.293 e. The smallest absolute Gasteiger partial charge is 0.178 e. The van der Waals surface area contributed by atoms with Crippen molar-refractivity contribution in [2.75, 3.05) is 0 Å². The second-order valence-electron chi connectivity index (χ2n) is 5.61. The van der Waals surface area contributed by atoms with Crippen LogP contribution in [0.25, 0.3) is 6.08 Å². The second-order valence-corrected chi connectivity index (χ2v) is 5.61. The molecule has 18 heavy (non-hydrogen) atoms. The number of nitrogens with zero attached hydrogens (tertiary/aromatic N) is 1. The largest absolute Gasteiger partial charge is 0.293 e. The third-order valence-corrected chi connectivity index (χ3v) is 2.78. The molecule has 0 fully saturated rings. The summed E-state index contributed by atoms with van der Waals surface area (Å²) < 4.78 is 0. The van der Waals surface area contributed by atoms with E-state index in [1.165, 1.54) is 0 Å². The minimum atomic E-state index is -0.528. The lowest BCUT2D eigenvalue weighted by Gasteiger charge is -2.15. The Labute approximate surface area is 109 Å². The van der Waals surface area contributed by atoms with Crippen LogP contribution < -0.4 is 0 Å². The van der Waals surface area contributed by atoms with Crippen LogP contribution in [0.3, 0.4) is 0 Å². The van der Waals surface area contributed by atoms with Gasteiger partial charge in [0.1, 0.15) is 6.07 Å². The van der Waals surface area contributed by atoms with Gasteiger partial charge in [-0.15, -0.1) is 0 Å². The van der Waals surface area contributed by atoms with Crippen molar-refractivity contribution in [2.45, 2.75) is 34.6 Å². The van der Waals surface area contributed by atoms with E-state index in [1.807, 2.05) is 58.9 Å². The third-order valence-electron chi connectivity index (χ3n) is 2.78. The van der Waals surface area contributed by atoms with Crippen molar-refractivity contribution in [3.8, 4) is 6.07 Å². The first-order valence-electron chi connectivity index (χ1n) is 5.99. The highest BCUT2D eigenvalue weighted by Crippen LogP contribution is 2.22. The minimum absolute atomic E-state index is 0.120. The van der Waals surface area contributed by atoms with Crippen molar-refractivity contribution in [1.29, 1.82) is 5.26 Å². The van der Waals surface area contributed by atoms with Gasteiger partial charge < -0.3 is 0 Å². The normalized spacial score (nSPS) is 12.1. The van der Waals surface area contributed by atoms with Gasteiger partial charge in [-0.25, -0.2) is 0 Å². The summed E-state index contributed by atoms with van der Waals surface area (Å²) in [7, 11) is 0. The Morgan fingerprint density at radius 1 is 1.28 bits per heavy atom. The molecule has 0 N–H and O–H groups in total. The highest BCUT2D eigenvalue weighted by molar-refractivity contribution is 6.06. The highest BCUT2D eigenvalue weighted by Gasteiger charge is 2.24. The molecule has 0 spiro atoms. The Bertz CT molecular complexity index is 539. The van der Waals surface area contributed by atoms with E-state index in [0.29, 0.717) is 0 Å². The summed E-state index contributed by atoms with van der Waals surface area (Å²) in [5, 5.41) is 9.14. The first-order valence-corrected chi connectivity index (χ1v) is 5.99. The molecule has 0 unspecified atom stereocenters. The molecule has 1 aromatic carbocycles. The number of carbonyl (C=O) groups excluding carboxylic acids is 1. The van der Waals surface area contributed by atoms with Gasteiger partial charge in [0.2, 0.25) is 0 Å². The molecule has 0 amide bonds. The van der Waals surface area contributed by atoms with Crippen molar-refractivity contribution in [3.63, 3.8) is 0 Å². The quantitative estimate of drug-likeness (QED) is 0.583. The number of nitriles is 1. The second kappa shape index (κ2) is 5.18. The fourth-order valence-corrected chi connectivity index (χ4v) is 1.62. The fourth-order valence-electron chi connectivity index (χ4n) is 1.62. The highest BCUT2D eigenvalue weighted by atomic mass is 16.1. The van der Waals surface area contributed by atoms with Crippen LogP contribution in [-0.2, 0) is 4.79 Å². The van der Waals surface area contributed by atoms with E-state index in [0.717, 1.165) is 16.7 Å². The summed E-state index contributed by atoms with van der Waals surface area (Å²) in [6, 6.07) is 8.02. The molecular formula is C16H19NO. The molecule has 2 nitrogen and oxygen atoms in total. The molecule has 1 rings (SSSR count). The Morgan fingerprint density at radius 3 is 2.39 bits per heavy atom. The van der Waals surface area contributed by atoms with Crippen LogP contribution in [0.4, 0.5) is 0 Å². The average Bonchev–Trinajstić information content (AvgIpc) is 2.28. The van der Waals surface area contributed by atoms with Gasteiger partial charge in [0.05, 0.1) is 5.57 Å². The molecule has 0 saturated heterocycles. The van der Waals surface area contributed by atoms with Gasteiger partial charge in [-0.3, -0.25) is 4.79 Å². The van der Waals surface area contributed by atoms with E-state index in [4.69, 9.17) is 5.26 Å².